The summed E-state index contributed by atoms with van der Waals surface area (Å²) < 4.78 is 7.84. The molecule has 9 heteroatoms. The second-order valence-electron chi connectivity index (χ2n) is 6.82. The van der Waals surface area contributed by atoms with E-state index in [4.69, 9.17) is 27.9 Å². The highest BCUT2D eigenvalue weighted by Gasteiger charge is 2.15. The standard InChI is InChI=1S/C22H22Cl2N4O2S/c1-4-9-28-20(12-30-19-10-14(2)5-6-15(19)3)26-27-22(28)31-13-21(29)25-18-11-16(23)7-8-17(18)24/h4-8,10-11H,1,9,12-13H2,2-3H3,(H,25,29). The topological polar surface area (TPSA) is 69.0 Å². The number of anilines is 1. The van der Waals surface area contributed by atoms with Crippen molar-refractivity contribution in [1.29, 1.82) is 0 Å². The van der Waals surface area contributed by atoms with Gasteiger partial charge in [-0.05, 0) is 49.2 Å². The third-order valence-corrected chi connectivity index (χ3v) is 5.87. The van der Waals surface area contributed by atoms with Gasteiger partial charge in [0.25, 0.3) is 0 Å². The third-order valence-electron chi connectivity index (χ3n) is 4.34. The molecule has 0 radical (unpaired) electrons. The van der Waals surface area contributed by atoms with Gasteiger partial charge in [-0.2, -0.15) is 0 Å². The highest BCUT2D eigenvalue weighted by atomic mass is 35.5. The van der Waals surface area contributed by atoms with E-state index < -0.39 is 0 Å². The molecular weight excluding hydrogens is 455 g/mol. The molecule has 2 aromatic carbocycles. The Balaban J connectivity index is 1.65. The zero-order valence-electron chi connectivity index (χ0n) is 17.2. The number of nitrogens with one attached hydrogen (secondary N) is 1. The summed E-state index contributed by atoms with van der Waals surface area (Å²) in [6.45, 7) is 8.57. The number of hydrogen-bond donors (Lipinski definition) is 1. The number of hydrogen-bond acceptors (Lipinski definition) is 5. The van der Waals surface area contributed by atoms with Gasteiger partial charge in [0, 0.05) is 11.6 Å². The number of amides is 1. The van der Waals surface area contributed by atoms with Gasteiger partial charge < -0.3 is 10.1 Å². The molecule has 0 saturated carbocycles. The minimum Gasteiger partial charge on any atom is -0.485 e. The molecule has 0 aliphatic rings. The van der Waals surface area contributed by atoms with Crippen LogP contribution in [0.25, 0.3) is 0 Å². The zero-order valence-corrected chi connectivity index (χ0v) is 19.5. The van der Waals surface area contributed by atoms with Crippen LogP contribution in [0.15, 0.2) is 54.2 Å². The average molecular weight is 477 g/mol. The van der Waals surface area contributed by atoms with E-state index in [-0.39, 0.29) is 18.3 Å². The molecule has 1 amide bonds. The van der Waals surface area contributed by atoms with E-state index in [0.717, 1.165) is 16.9 Å². The molecule has 0 saturated heterocycles. The Morgan fingerprint density at radius 3 is 2.81 bits per heavy atom. The van der Waals surface area contributed by atoms with Crippen molar-refractivity contribution >= 4 is 46.6 Å². The molecule has 0 aliphatic heterocycles. The van der Waals surface area contributed by atoms with E-state index in [1.54, 1.807) is 24.3 Å². The summed E-state index contributed by atoms with van der Waals surface area (Å²) >= 11 is 13.3. The predicted octanol–water partition coefficient (Wildman–Crippen LogP) is 5.70. The van der Waals surface area contributed by atoms with Gasteiger partial charge in [-0.25, -0.2) is 0 Å². The molecule has 1 N–H and O–H groups in total. The number of aromatic nitrogens is 3. The number of thioether (sulfide) groups is 1. The highest BCUT2D eigenvalue weighted by Crippen LogP contribution is 2.26. The van der Waals surface area contributed by atoms with Crippen molar-refractivity contribution in [3.05, 3.63) is 76.0 Å². The van der Waals surface area contributed by atoms with Crippen LogP contribution in [0.5, 0.6) is 5.75 Å². The van der Waals surface area contributed by atoms with Gasteiger partial charge in [-0.3, -0.25) is 9.36 Å². The molecule has 3 aromatic rings. The van der Waals surface area contributed by atoms with Crippen LogP contribution in [0.4, 0.5) is 5.69 Å². The van der Waals surface area contributed by atoms with Gasteiger partial charge in [0.2, 0.25) is 5.91 Å². The van der Waals surface area contributed by atoms with Crippen molar-refractivity contribution in [3.63, 3.8) is 0 Å². The summed E-state index contributed by atoms with van der Waals surface area (Å²) in [5.74, 6) is 1.37. The van der Waals surface area contributed by atoms with E-state index in [0.29, 0.717) is 33.3 Å². The number of halogens is 2. The van der Waals surface area contributed by atoms with Gasteiger partial charge >= 0.3 is 0 Å². The van der Waals surface area contributed by atoms with Crippen molar-refractivity contribution in [3.8, 4) is 5.75 Å². The molecule has 0 unspecified atom stereocenters. The molecule has 0 atom stereocenters. The van der Waals surface area contributed by atoms with Crippen molar-refractivity contribution in [2.24, 2.45) is 0 Å². The highest BCUT2D eigenvalue weighted by molar-refractivity contribution is 7.99. The van der Waals surface area contributed by atoms with Crippen molar-refractivity contribution in [1.82, 2.24) is 14.8 Å². The zero-order chi connectivity index (χ0) is 22.4. The van der Waals surface area contributed by atoms with Crippen molar-refractivity contribution in [2.45, 2.75) is 32.2 Å². The number of aryl methyl sites for hydroxylation is 2. The molecule has 6 nitrogen and oxygen atoms in total. The molecule has 0 fully saturated rings. The summed E-state index contributed by atoms with van der Waals surface area (Å²) in [4.78, 5) is 12.4. The van der Waals surface area contributed by atoms with Gasteiger partial charge in [0.1, 0.15) is 12.4 Å². The molecule has 0 spiro atoms. The summed E-state index contributed by atoms with van der Waals surface area (Å²) in [7, 11) is 0. The van der Waals surface area contributed by atoms with Gasteiger partial charge in [-0.15, -0.1) is 16.8 Å². The van der Waals surface area contributed by atoms with E-state index in [1.165, 1.54) is 11.8 Å². The maximum absolute atomic E-state index is 12.4. The number of benzene rings is 2. The van der Waals surface area contributed by atoms with E-state index in [2.05, 4.69) is 22.1 Å². The van der Waals surface area contributed by atoms with Crippen LogP contribution in [0.2, 0.25) is 10.0 Å². The Hall–Kier alpha value is -2.48. The molecule has 31 heavy (non-hydrogen) atoms. The first-order valence-electron chi connectivity index (χ1n) is 9.48. The number of rotatable bonds is 9. The number of nitrogens with zero attached hydrogens (tertiary/aromatic N) is 3. The number of carbonyl (C=O) groups excluding carboxylic acids is 1. The Morgan fingerprint density at radius 1 is 1.23 bits per heavy atom. The first-order chi connectivity index (χ1) is 14.9. The number of allylic oxidation sites excluding steroid dienone is 1. The second kappa shape index (κ2) is 10.7. The Morgan fingerprint density at radius 2 is 2.03 bits per heavy atom. The Labute approximate surface area is 195 Å². The van der Waals surface area contributed by atoms with Crippen LogP contribution in [0, 0.1) is 13.8 Å². The smallest absolute Gasteiger partial charge is 0.234 e. The molecule has 3 rings (SSSR count). The lowest BCUT2D eigenvalue weighted by atomic mass is 10.1. The van der Waals surface area contributed by atoms with Crippen molar-refractivity contribution < 1.29 is 9.53 Å². The van der Waals surface area contributed by atoms with Crippen LogP contribution in [-0.4, -0.2) is 26.4 Å². The normalized spacial score (nSPS) is 10.7. The lowest BCUT2D eigenvalue weighted by molar-refractivity contribution is -0.113. The van der Waals surface area contributed by atoms with E-state index in [9.17, 15) is 4.79 Å². The predicted molar refractivity (Wildman–Crippen MR) is 126 cm³/mol. The number of ether oxygens (including phenoxy) is 1. The van der Waals surface area contributed by atoms with Gasteiger partial charge in [0.05, 0.1) is 16.5 Å². The summed E-state index contributed by atoms with van der Waals surface area (Å²) in [6, 6.07) is 11.0. The molecule has 1 aromatic heterocycles. The molecule has 0 aliphatic carbocycles. The molecule has 162 valence electrons. The summed E-state index contributed by atoms with van der Waals surface area (Å²) in [6.07, 6.45) is 1.75. The SMILES string of the molecule is C=CCn1c(COc2cc(C)ccc2C)nnc1SCC(=O)Nc1cc(Cl)ccc1Cl. The fourth-order valence-electron chi connectivity index (χ4n) is 2.76. The van der Waals surface area contributed by atoms with Crippen LogP contribution in [0.3, 0.4) is 0 Å². The quantitative estimate of drug-likeness (QED) is 0.316. The van der Waals surface area contributed by atoms with E-state index in [1.807, 2.05) is 36.6 Å². The Kier molecular flexibility index (Phi) is 8.01. The first-order valence-corrected chi connectivity index (χ1v) is 11.2. The molecular formula is C22H22Cl2N4O2S. The summed E-state index contributed by atoms with van der Waals surface area (Å²) in [5, 5.41) is 12.7. The lowest BCUT2D eigenvalue weighted by Gasteiger charge is -2.11. The Bertz CT molecular complexity index is 1100. The summed E-state index contributed by atoms with van der Waals surface area (Å²) in [5.41, 5.74) is 2.64. The fourth-order valence-corrected chi connectivity index (χ4v) is 3.86. The van der Waals surface area contributed by atoms with Gasteiger partial charge in [0.15, 0.2) is 11.0 Å². The van der Waals surface area contributed by atoms with Crippen LogP contribution in [-0.2, 0) is 17.9 Å². The third kappa shape index (κ3) is 6.26. The minimum atomic E-state index is -0.226. The van der Waals surface area contributed by atoms with Crippen LogP contribution >= 0.6 is 35.0 Å². The monoisotopic (exact) mass is 476 g/mol. The average Bonchev–Trinajstić information content (AvgIpc) is 3.12. The maximum Gasteiger partial charge on any atom is 0.234 e. The number of carbonyl (C=O) groups is 1. The lowest BCUT2D eigenvalue weighted by Crippen LogP contribution is -2.15. The molecule has 1 heterocycles. The largest absolute Gasteiger partial charge is 0.485 e. The minimum absolute atomic E-state index is 0.135. The van der Waals surface area contributed by atoms with Crippen molar-refractivity contribution in [2.75, 3.05) is 11.1 Å². The van der Waals surface area contributed by atoms with E-state index >= 15 is 0 Å². The maximum atomic E-state index is 12.4. The molecule has 0 bridgehead atoms. The van der Waals surface area contributed by atoms with Gasteiger partial charge in [-0.1, -0.05) is 53.2 Å². The first kappa shape index (κ1) is 23.2. The fraction of sp³-hybridized carbons (Fsp3) is 0.227. The van der Waals surface area contributed by atoms with Crippen LogP contribution < -0.4 is 10.1 Å². The van der Waals surface area contributed by atoms with Crippen LogP contribution in [0.1, 0.15) is 17.0 Å². The second-order valence-corrected chi connectivity index (χ2v) is 8.60.